The second kappa shape index (κ2) is 3.28. The van der Waals surface area contributed by atoms with Crippen LogP contribution in [0.25, 0.3) is 11.6 Å². The van der Waals surface area contributed by atoms with Crippen LogP contribution in [0.15, 0.2) is 0 Å². The van der Waals surface area contributed by atoms with Crippen molar-refractivity contribution in [2.24, 2.45) is 0 Å². The highest BCUT2D eigenvalue weighted by molar-refractivity contribution is 5.47. The molecule has 0 radical (unpaired) electrons. The highest BCUT2D eigenvalue weighted by atomic mass is 16.6. The molecule has 0 aliphatic carbocycles. The number of nitro groups is 2. The molecule has 2 aromatic rings. The molecule has 1 aliphatic rings. The fourth-order valence-electron chi connectivity index (χ4n) is 1.65. The molecule has 92 valence electrons. The van der Waals surface area contributed by atoms with E-state index in [4.69, 9.17) is 0 Å². The van der Waals surface area contributed by atoms with Gasteiger partial charge >= 0.3 is 23.5 Å². The number of fused-ring (bicyclic) bond motifs is 3. The van der Waals surface area contributed by atoms with E-state index in [2.05, 4.69) is 20.2 Å². The average Bonchev–Trinajstić information content (AvgIpc) is 2.91. The normalized spacial score (nSPS) is 12.9. The molecule has 3 heterocycles. The first-order valence-corrected chi connectivity index (χ1v) is 4.75. The molecule has 0 bridgehead atoms. The molecule has 0 unspecified atom stereocenters. The minimum absolute atomic E-state index is 0.105. The molecule has 3 rings (SSSR count). The maximum atomic E-state index is 10.6. The largest absolute Gasteiger partial charge is 0.491 e. The van der Waals surface area contributed by atoms with E-state index in [1.807, 2.05) is 0 Å². The Morgan fingerprint density at radius 2 is 1.28 bits per heavy atom. The first-order valence-electron chi connectivity index (χ1n) is 4.75. The molecule has 12 heteroatoms. The Morgan fingerprint density at radius 1 is 0.889 bits per heavy atom. The highest BCUT2D eigenvalue weighted by Gasteiger charge is 2.35. The van der Waals surface area contributed by atoms with Crippen LogP contribution in [-0.2, 0) is 13.1 Å². The first-order chi connectivity index (χ1) is 8.56. The summed E-state index contributed by atoms with van der Waals surface area (Å²) in [6, 6.07) is 0. The molecular formula is C6H4N8O4. The smallest absolute Gasteiger partial charge is 0.390 e. The standard InChI is InChI=1S/C6H4N8O4/c15-13(16)5-7-3-4-8-6(14(17)18)10-12(4)2-1-11(3)9-5/h1-2H2. The fourth-order valence-corrected chi connectivity index (χ4v) is 1.65. The van der Waals surface area contributed by atoms with Gasteiger partial charge in [0.1, 0.15) is 0 Å². The molecule has 12 nitrogen and oxygen atoms in total. The zero-order valence-corrected chi connectivity index (χ0v) is 8.62. The minimum atomic E-state index is -0.736. The van der Waals surface area contributed by atoms with Crippen molar-refractivity contribution in [1.82, 2.24) is 29.5 Å². The molecule has 2 aromatic heterocycles. The topological polar surface area (TPSA) is 148 Å². The van der Waals surface area contributed by atoms with E-state index in [9.17, 15) is 20.2 Å². The monoisotopic (exact) mass is 252 g/mol. The van der Waals surface area contributed by atoms with Crippen LogP contribution >= 0.6 is 0 Å². The van der Waals surface area contributed by atoms with Gasteiger partial charge in [0.25, 0.3) is 0 Å². The fraction of sp³-hybridized carbons (Fsp3) is 0.333. The van der Waals surface area contributed by atoms with Gasteiger partial charge in [0.05, 0.1) is 13.1 Å². The van der Waals surface area contributed by atoms with Crippen LogP contribution in [0.4, 0.5) is 11.9 Å². The van der Waals surface area contributed by atoms with Gasteiger partial charge in [0.15, 0.2) is 0 Å². The molecule has 0 fully saturated rings. The van der Waals surface area contributed by atoms with Gasteiger partial charge in [-0.05, 0) is 19.8 Å². The molecular weight excluding hydrogens is 248 g/mol. The molecule has 0 atom stereocenters. The second-order valence-electron chi connectivity index (χ2n) is 3.43. The third-order valence-corrected chi connectivity index (χ3v) is 2.37. The van der Waals surface area contributed by atoms with Gasteiger partial charge in [0.2, 0.25) is 0 Å². The minimum Gasteiger partial charge on any atom is -0.390 e. The van der Waals surface area contributed by atoms with Crippen molar-refractivity contribution in [3.8, 4) is 11.6 Å². The summed E-state index contributed by atoms with van der Waals surface area (Å²) in [5, 5.41) is 28.4. The number of rotatable bonds is 2. The van der Waals surface area contributed by atoms with Crippen molar-refractivity contribution in [2.75, 3.05) is 0 Å². The van der Waals surface area contributed by atoms with Crippen LogP contribution in [-0.4, -0.2) is 39.4 Å². The van der Waals surface area contributed by atoms with Gasteiger partial charge in [0, 0.05) is 10.2 Å². The lowest BCUT2D eigenvalue weighted by Crippen LogP contribution is -2.18. The Hall–Kier alpha value is -2.92. The molecule has 0 amide bonds. The lowest BCUT2D eigenvalue weighted by molar-refractivity contribution is -0.394. The molecule has 0 spiro atoms. The quantitative estimate of drug-likeness (QED) is 0.506. The summed E-state index contributed by atoms with van der Waals surface area (Å²) in [5.41, 5.74) is 0. The van der Waals surface area contributed by atoms with Crippen LogP contribution in [0.1, 0.15) is 0 Å². The Labute approximate surface area is 97.2 Å². The number of hydrogen-bond donors (Lipinski definition) is 0. The van der Waals surface area contributed by atoms with Gasteiger partial charge in [-0.1, -0.05) is 0 Å². The Morgan fingerprint density at radius 3 is 1.61 bits per heavy atom. The number of nitrogens with zero attached hydrogens (tertiary/aromatic N) is 8. The Bertz CT molecular complexity index is 613. The summed E-state index contributed by atoms with van der Waals surface area (Å²) >= 11 is 0. The molecule has 1 aliphatic heterocycles. The van der Waals surface area contributed by atoms with E-state index in [0.717, 1.165) is 0 Å². The summed E-state index contributed by atoms with van der Waals surface area (Å²) in [4.78, 5) is 27.0. The maximum absolute atomic E-state index is 10.6. The molecule has 18 heavy (non-hydrogen) atoms. The summed E-state index contributed by atoms with van der Waals surface area (Å²) in [6.07, 6.45) is 0. The molecule has 0 aromatic carbocycles. The SMILES string of the molecule is O=[N+]([O-])c1nc2n(n1)CCn1nc([N+](=O)[O-])nc1-2. The van der Waals surface area contributed by atoms with Crippen molar-refractivity contribution in [2.45, 2.75) is 13.1 Å². The van der Waals surface area contributed by atoms with Gasteiger partial charge in [-0.2, -0.15) is 9.36 Å². The van der Waals surface area contributed by atoms with E-state index < -0.39 is 21.7 Å². The number of hydrogen-bond acceptors (Lipinski definition) is 8. The Kier molecular flexibility index (Phi) is 1.87. The number of aromatic nitrogens is 6. The summed E-state index contributed by atoms with van der Waals surface area (Å²) < 4.78 is 2.57. The van der Waals surface area contributed by atoms with E-state index >= 15 is 0 Å². The number of aryl methyl sites for hydroxylation is 2. The first kappa shape index (κ1) is 10.2. The molecule has 0 saturated carbocycles. The predicted octanol–water partition coefficient (Wildman–Crippen LogP) is -0.633. The zero-order chi connectivity index (χ0) is 12.9. The highest BCUT2D eigenvalue weighted by Crippen LogP contribution is 2.23. The third-order valence-electron chi connectivity index (χ3n) is 2.37. The Balaban J connectivity index is 2.15. The van der Waals surface area contributed by atoms with Crippen LogP contribution < -0.4 is 0 Å². The predicted molar refractivity (Wildman–Crippen MR) is 52.3 cm³/mol. The molecule has 0 N–H and O–H groups in total. The second-order valence-corrected chi connectivity index (χ2v) is 3.43. The van der Waals surface area contributed by atoms with Crippen molar-refractivity contribution in [3.63, 3.8) is 0 Å². The summed E-state index contributed by atoms with van der Waals surface area (Å²) in [6.45, 7) is 0.591. The third kappa shape index (κ3) is 1.32. The van der Waals surface area contributed by atoms with Gasteiger partial charge in [-0.3, -0.25) is 0 Å². The van der Waals surface area contributed by atoms with Crippen LogP contribution in [0.2, 0.25) is 0 Å². The lowest BCUT2D eigenvalue weighted by Gasteiger charge is -2.04. The lowest BCUT2D eigenvalue weighted by atomic mass is 10.4. The van der Waals surface area contributed by atoms with E-state index in [0.29, 0.717) is 13.1 Å². The van der Waals surface area contributed by atoms with Crippen LogP contribution in [0, 0.1) is 20.2 Å². The van der Waals surface area contributed by atoms with Crippen molar-refractivity contribution < 1.29 is 9.85 Å². The van der Waals surface area contributed by atoms with Crippen molar-refractivity contribution in [3.05, 3.63) is 20.2 Å². The van der Waals surface area contributed by atoms with Crippen molar-refractivity contribution in [1.29, 1.82) is 0 Å². The van der Waals surface area contributed by atoms with Gasteiger partial charge in [-0.25, -0.2) is 0 Å². The van der Waals surface area contributed by atoms with Crippen molar-refractivity contribution >= 4 is 11.9 Å². The van der Waals surface area contributed by atoms with E-state index in [1.165, 1.54) is 9.36 Å². The molecule has 0 saturated heterocycles. The zero-order valence-electron chi connectivity index (χ0n) is 8.62. The summed E-state index contributed by atoms with van der Waals surface area (Å²) in [5.74, 6) is -0.921. The van der Waals surface area contributed by atoms with Gasteiger partial charge in [-0.15, -0.1) is 0 Å². The average molecular weight is 252 g/mol. The van der Waals surface area contributed by atoms with E-state index in [1.54, 1.807) is 0 Å². The van der Waals surface area contributed by atoms with Crippen LogP contribution in [0.3, 0.4) is 0 Å². The van der Waals surface area contributed by atoms with Gasteiger partial charge < -0.3 is 20.2 Å². The van der Waals surface area contributed by atoms with Crippen LogP contribution in [0.5, 0.6) is 0 Å². The maximum Gasteiger partial charge on any atom is 0.491 e. The summed E-state index contributed by atoms with van der Waals surface area (Å²) in [7, 11) is 0. The van der Waals surface area contributed by atoms with E-state index in [-0.39, 0.29) is 11.6 Å².